The van der Waals surface area contributed by atoms with Gasteiger partial charge in [-0.25, -0.2) is 0 Å². The molecule has 1 unspecified atom stereocenters. The topological polar surface area (TPSA) is 87.0 Å². The fraction of sp³-hybridized carbons (Fsp3) is 0.438. The van der Waals surface area contributed by atoms with Gasteiger partial charge in [0.15, 0.2) is 18.2 Å². The molecule has 0 saturated heterocycles. The molecule has 2 aromatic rings. The van der Waals surface area contributed by atoms with Crippen molar-refractivity contribution in [2.45, 2.75) is 32.4 Å². The number of ketones is 2. The minimum absolute atomic E-state index is 0.0922. The van der Waals surface area contributed by atoms with Gasteiger partial charge in [-0.3, -0.25) is 9.59 Å². The first-order valence-electron chi connectivity index (χ1n) is 7.90. The highest BCUT2D eigenvalue weighted by Crippen LogP contribution is 2.34. The summed E-state index contributed by atoms with van der Waals surface area (Å²) in [5, 5.41) is 11.8. The summed E-state index contributed by atoms with van der Waals surface area (Å²) in [7, 11) is 0. The van der Waals surface area contributed by atoms with Crippen LogP contribution in [0.5, 0.6) is 0 Å². The molecule has 9 heteroatoms. The lowest BCUT2D eigenvalue weighted by atomic mass is 9.98. The number of Topliss-reactive ketones (excluding diaryl/α,β-unsaturated/α-hetero) is 2. The van der Waals surface area contributed by atoms with Gasteiger partial charge in [0.05, 0.1) is 11.6 Å². The molecule has 132 valence electrons. The van der Waals surface area contributed by atoms with E-state index in [-0.39, 0.29) is 35.4 Å². The van der Waals surface area contributed by atoms with Crippen molar-refractivity contribution in [3.63, 3.8) is 0 Å². The van der Waals surface area contributed by atoms with Crippen LogP contribution in [0.3, 0.4) is 0 Å². The maximum atomic E-state index is 12.9. The third kappa shape index (κ3) is 3.89. The molecular weight excluding hydrogens is 367 g/mol. The summed E-state index contributed by atoms with van der Waals surface area (Å²) < 4.78 is 5.42. The predicted molar refractivity (Wildman–Crippen MR) is 90.9 cm³/mol. The van der Waals surface area contributed by atoms with Crippen LogP contribution in [0.4, 0.5) is 0 Å². The fourth-order valence-electron chi connectivity index (χ4n) is 2.51. The van der Waals surface area contributed by atoms with E-state index in [4.69, 9.17) is 27.9 Å². The van der Waals surface area contributed by atoms with Crippen molar-refractivity contribution in [3.8, 4) is 0 Å². The van der Waals surface area contributed by atoms with E-state index in [0.717, 1.165) is 12.8 Å². The third-order valence-electron chi connectivity index (χ3n) is 3.95. The lowest BCUT2D eigenvalue weighted by molar-refractivity contribution is -0.128. The summed E-state index contributed by atoms with van der Waals surface area (Å²) in [5.41, 5.74) is 0.690. The van der Waals surface area contributed by atoms with E-state index in [0.29, 0.717) is 10.6 Å². The van der Waals surface area contributed by atoms with E-state index in [1.807, 2.05) is 0 Å². The van der Waals surface area contributed by atoms with Crippen LogP contribution in [-0.2, 0) is 16.1 Å². The van der Waals surface area contributed by atoms with Gasteiger partial charge in [0.1, 0.15) is 0 Å². The van der Waals surface area contributed by atoms with Gasteiger partial charge in [0, 0.05) is 28.7 Å². The Balaban J connectivity index is 1.92. The average molecular weight is 383 g/mol. The van der Waals surface area contributed by atoms with Crippen molar-refractivity contribution in [2.24, 2.45) is 5.92 Å². The zero-order valence-electron chi connectivity index (χ0n) is 13.5. The number of aromatic nitrogens is 4. The standard InChI is InChI=1S/C16H16Cl2N4O3/c1-2-25-16(14(23)9-3-4-9)15(24)10-5-6-12(17)11(13(10)18)7-22-20-8-19-21-22/h5-6,8-9,16H,2-4,7H2,1H3. The monoisotopic (exact) mass is 382 g/mol. The minimum Gasteiger partial charge on any atom is -0.362 e. The molecule has 1 atom stereocenters. The van der Waals surface area contributed by atoms with Gasteiger partial charge in [-0.1, -0.05) is 23.2 Å². The van der Waals surface area contributed by atoms with E-state index < -0.39 is 11.9 Å². The van der Waals surface area contributed by atoms with Gasteiger partial charge in [-0.2, -0.15) is 4.80 Å². The van der Waals surface area contributed by atoms with E-state index >= 15 is 0 Å². The molecule has 1 aliphatic carbocycles. The van der Waals surface area contributed by atoms with Crippen LogP contribution in [0.2, 0.25) is 10.0 Å². The molecule has 0 aliphatic heterocycles. The number of tetrazole rings is 1. The number of benzene rings is 1. The van der Waals surface area contributed by atoms with Gasteiger partial charge >= 0.3 is 0 Å². The number of ether oxygens (including phenoxy) is 1. The molecule has 0 amide bonds. The quantitative estimate of drug-likeness (QED) is 0.515. The first-order chi connectivity index (χ1) is 12.0. The zero-order chi connectivity index (χ0) is 18.0. The Labute approximate surface area is 154 Å². The normalized spacial score (nSPS) is 15.2. The molecule has 0 spiro atoms. The van der Waals surface area contributed by atoms with E-state index in [1.54, 1.807) is 13.0 Å². The third-order valence-corrected chi connectivity index (χ3v) is 4.74. The highest BCUT2D eigenvalue weighted by atomic mass is 35.5. The number of carbonyl (C=O) groups is 2. The molecule has 1 fully saturated rings. The van der Waals surface area contributed by atoms with E-state index in [2.05, 4.69) is 15.4 Å². The molecule has 1 aromatic heterocycles. The molecule has 1 aromatic carbocycles. The minimum atomic E-state index is -1.13. The van der Waals surface area contributed by atoms with Crippen LogP contribution in [0.25, 0.3) is 0 Å². The number of carbonyl (C=O) groups excluding carboxylic acids is 2. The van der Waals surface area contributed by atoms with Gasteiger partial charge in [0.2, 0.25) is 5.78 Å². The first kappa shape index (κ1) is 18.0. The fourth-order valence-corrected chi connectivity index (χ4v) is 3.10. The second-order valence-electron chi connectivity index (χ2n) is 5.73. The molecule has 0 bridgehead atoms. The summed E-state index contributed by atoms with van der Waals surface area (Å²) in [6, 6.07) is 3.08. The molecule has 7 nitrogen and oxygen atoms in total. The van der Waals surface area contributed by atoms with Gasteiger partial charge < -0.3 is 4.74 Å². The number of nitrogens with zero attached hydrogens (tertiary/aromatic N) is 4. The Hall–Kier alpha value is -1.83. The first-order valence-corrected chi connectivity index (χ1v) is 8.65. The molecule has 1 aliphatic rings. The summed E-state index contributed by atoms with van der Waals surface area (Å²) in [5.74, 6) is -0.726. The summed E-state index contributed by atoms with van der Waals surface area (Å²) in [6.07, 6.45) is 1.75. The van der Waals surface area contributed by atoms with E-state index in [1.165, 1.54) is 17.2 Å². The average Bonchev–Trinajstić information content (AvgIpc) is 3.32. The number of hydrogen-bond donors (Lipinski definition) is 0. The maximum absolute atomic E-state index is 12.9. The summed E-state index contributed by atoms with van der Waals surface area (Å²) >= 11 is 12.6. The Morgan fingerprint density at radius 2 is 2.12 bits per heavy atom. The van der Waals surface area contributed by atoms with Crippen molar-refractivity contribution >= 4 is 34.8 Å². The van der Waals surface area contributed by atoms with Gasteiger partial charge in [-0.15, -0.1) is 10.2 Å². The number of halogens is 2. The SMILES string of the molecule is CCOC(C(=O)c1ccc(Cl)c(Cn2ncnn2)c1Cl)C(=O)C1CC1. The predicted octanol–water partition coefficient (Wildman–Crippen LogP) is 2.60. The van der Waals surface area contributed by atoms with Crippen molar-refractivity contribution in [1.82, 2.24) is 20.2 Å². The molecule has 0 N–H and O–H groups in total. The Morgan fingerprint density at radius 1 is 1.36 bits per heavy atom. The smallest absolute Gasteiger partial charge is 0.200 e. The Morgan fingerprint density at radius 3 is 2.72 bits per heavy atom. The summed E-state index contributed by atoms with van der Waals surface area (Å²) in [6.45, 7) is 2.16. The lowest BCUT2D eigenvalue weighted by Crippen LogP contribution is -2.34. The van der Waals surface area contributed by atoms with Gasteiger partial charge in [-0.05, 0) is 37.1 Å². The molecular formula is C16H16Cl2N4O3. The Kier molecular flexibility index (Phi) is 5.46. The largest absolute Gasteiger partial charge is 0.362 e. The maximum Gasteiger partial charge on any atom is 0.200 e. The van der Waals surface area contributed by atoms with Crippen molar-refractivity contribution in [1.29, 1.82) is 0 Å². The second kappa shape index (κ2) is 7.59. The van der Waals surface area contributed by atoms with Crippen LogP contribution in [0.15, 0.2) is 18.5 Å². The highest BCUT2D eigenvalue weighted by Gasteiger charge is 2.39. The van der Waals surface area contributed by atoms with Crippen molar-refractivity contribution in [3.05, 3.63) is 39.6 Å². The van der Waals surface area contributed by atoms with Crippen LogP contribution in [-0.4, -0.2) is 44.5 Å². The van der Waals surface area contributed by atoms with Crippen LogP contribution in [0.1, 0.15) is 35.7 Å². The molecule has 3 rings (SSSR count). The second-order valence-corrected chi connectivity index (χ2v) is 6.52. The van der Waals surface area contributed by atoms with Crippen LogP contribution in [0, 0.1) is 5.92 Å². The molecule has 1 saturated carbocycles. The van der Waals surface area contributed by atoms with Crippen molar-refractivity contribution in [2.75, 3.05) is 6.61 Å². The van der Waals surface area contributed by atoms with Crippen molar-refractivity contribution < 1.29 is 14.3 Å². The van der Waals surface area contributed by atoms with E-state index in [9.17, 15) is 9.59 Å². The molecule has 1 heterocycles. The van der Waals surface area contributed by atoms with Gasteiger partial charge in [0.25, 0.3) is 0 Å². The number of hydrogen-bond acceptors (Lipinski definition) is 6. The lowest BCUT2D eigenvalue weighted by Gasteiger charge is -2.17. The summed E-state index contributed by atoms with van der Waals surface area (Å²) in [4.78, 5) is 26.6. The zero-order valence-corrected chi connectivity index (χ0v) is 15.0. The van der Waals surface area contributed by atoms with Crippen LogP contribution >= 0.6 is 23.2 Å². The highest BCUT2D eigenvalue weighted by molar-refractivity contribution is 6.38. The molecule has 25 heavy (non-hydrogen) atoms. The molecule has 0 radical (unpaired) electrons. The number of rotatable bonds is 8. The Bertz CT molecular complexity index is 791. The van der Waals surface area contributed by atoms with Crippen LogP contribution < -0.4 is 0 Å².